The van der Waals surface area contributed by atoms with Gasteiger partial charge in [0.1, 0.15) is 4.90 Å². The quantitative estimate of drug-likeness (QED) is 0.647. The number of allylic oxidation sites excluding steroid dienone is 1. The van der Waals surface area contributed by atoms with Gasteiger partial charge in [0.25, 0.3) is 15.9 Å². The number of benzene rings is 1. The second kappa shape index (κ2) is 4.13. The Hall–Kier alpha value is -1.82. The zero-order valence-electron chi connectivity index (χ0n) is 10.2. The van der Waals surface area contributed by atoms with E-state index in [0.29, 0.717) is 5.69 Å². The van der Waals surface area contributed by atoms with Gasteiger partial charge in [-0.3, -0.25) is 4.79 Å². The molecule has 1 aromatic carbocycles. The van der Waals surface area contributed by atoms with Gasteiger partial charge in [-0.15, -0.1) is 0 Å². The molecule has 1 heterocycles. The number of hydrogen-bond acceptors (Lipinski definition) is 4. The summed E-state index contributed by atoms with van der Waals surface area (Å²) in [7, 11) is -3.72. The highest BCUT2D eigenvalue weighted by Crippen LogP contribution is 2.31. The number of carbonyl (C=O) groups is 1. The lowest BCUT2D eigenvalue weighted by molar-refractivity contribution is 0.0880. The second-order valence-corrected chi connectivity index (χ2v) is 6.21. The van der Waals surface area contributed by atoms with Crippen LogP contribution in [0, 0.1) is 0 Å². The Bertz CT molecular complexity index is 643. The molecule has 0 spiro atoms. The fourth-order valence-corrected chi connectivity index (χ4v) is 3.24. The van der Waals surface area contributed by atoms with E-state index in [1.165, 1.54) is 18.2 Å². The van der Waals surface area contributed by atoms with Crippen LogP contribution < -0.4 is 5.73 Å². The fraction of sp³-hybridized carbons (Fsp3) is 0.250. The molecule has 0 saturated carbocycles. The van der Waals surface area contributed by atoms with Gasteiger partial charge >= 0.3 is 0 Å². The van der Waals surface area contributed by atoms with Crippen molar-refractivity contribution in [2.75, 3.05) is 12.3 Å². The van der Waals surface area contributed by atoms with Gasteiger partial charge < -0.3 is 5.73 Å². The molecule has 2 rings (SSSR count). The smallest absolute Gasteiger partial charge is 0.269 e. The largest absolute Gasteiger partial charge is 0.399 e. The lowest BCUT2D eigenvalue weighted by Crippen LogP contribution is -2.30. The number of sulfonamides is 1. The van der Waals surface area contributed by atoms with Crippen LogP contribution in [0.2, 0.25) is 0 Å². The molecule has 5 nitrogen and oxygen atoms in total. The average Bonchev–Trinajstić information content (AvgIpc) is 2.44. The molecule has 6 heteroatoms. The van der Waals surface area contributed by atoms with Crippen molar-refractivity contribution in [3.8, 4) is 0 Å². The standard InChI is InChI=1S/C12H14N2O3S/c1-8(2)5-6-14-12(15)10-7-9(13)3-4-11(10)18(14,16)17/h3-5,7H,6,13H2,1-2H3. The molecule has 1 aromatic rings. The van der Waals surface area contributed by atoms with Gasteiger partial charge in [0.05, 0.1) is 12.1 Å². The normalized spacial score (nSPS) is 16.6. The van der Waals surface area contributed by atoms with E-state index in [1.807, 2.05) is 13.8 Å². The van der Waals surface area contributed by atoms with Gasteiger partial charge in [0.15, 0.2) is 0 Å². The molecule has 0 fully saturated rings. The van der Waals surface area contributed by atoms with Crippen molar-refractivity contribution in [1.29, 1.82) is 0 Å². The zero-order chi connectivity index (χ0) is 13.5. The van der Waals surface area contributed by atoms with Gasteiger partial charge in [-0.1, -0.05) is 11.6 Å². The van der Waals surface area contributed by atoms with Crippen molar-refractivity contribution in [2.45, 2.75) is 18.7 Å². The highest BCUT2D eigenvalue weighted by Gasteiger charge is 2.40. The van der Waals surface area contributed by atoms with Gasteiger partial charge in [-0.25, -0.2) is 12.7 Å². The Labute approximate surface area is 106 Å². The summed E-state index contributed by atoms with van der Waals surface area (Å²) in [6.07, 6.45) is 1.70. The molecule has 0 aliphatic carbocycles. The number of nitrogen functional groups attached to an aromatic ring is 1. The van der Waals surface area contributed by atoms with E-state index in [-0.39, 0.29) is 17.0 Å². The zero-order valence-corrected chi connectivity index (χ0v) is 11.0. The minimum atomic E-state index is -3.72. The van der Waals surface area contributed by atoms with Crippen LogP contribution in [0.1, 0.15) is 24.2 Å². The molecule has 18 heavy (non-hydrogen) atoms. The number of anilines is 1. The molecule has 0 unspecified atom stereocenters. The maximum Gasteiger partial charge on any atom is 0.269 e. The molecule has 0 saturated heterocycles. The predicted octanol–water partition coefficient (Wildman–Crippen LogP) is 1.38. The molecule has 1 aliphatic heterocycles. The van der Waals surface area contributed by atoms with E-state index in [1.54, 1.807) is 6.08 Å². The number of carbonyl (C=O) groups excluding carboxylic acids is 1. The summed E-state index contributed by atoms with van der Waals surface area (Å²) < 4.78 is 25.2. The number of hydrogen-bond donors (Lipinski definition) is 1. The van der Waals surface area contributed by atoms with Crippen LogP contribution in [0.15, 0.2) is 34.7 Å². The molecule has 2 N–H and O–H groups in total. The summed E-state index contributed by atoms with van der Waals surface area (Å²) in [6.45, 7) is 3.74. The molecule has 96 valence electrons. The average molecular weight is 266 g/mol. The third-order valence-corrected chi connectivity index (χ3v) is 4.50. The number of amides is 1. The van der Waals surface area contributed by atoms with E-state index in [9.17, 15) is 13.2 Å². The van der Waals surface area contributed by atoms with E-state index < -0.39 is 15.9 Å². The van der Waals surface area contributed by atoms with Crippen LogP contribution in [0.3, 0.4) is 0 Å². The van der Waals surface area contributed by atoms with Gasteiger partial charge in [-0.2, -0.15) is 0 Å². The summed E-state index contributed by atoms with van der Waals surface area (Å²) in [6, 6.07) is 4.26. The molecular weight excluding hydrogens is 252 g/mol. The van der Waals surface area contributed by atoms with Crippen molar-refractivity contribution < 1.29 is 13.2 Å². The summed E-state index contributed by atoms with van der Waals surface area (Å²) in [4.78, 5) is 12.1. The predicted molar refractivity (Wildman–Crippen MR) is 68.5 cm³/mol. The molecule has 0 atom stereocenters. The van der Waals surface area contributed by atoms with Crippen LogP contribution in [0.5, 0.6) is 0 Å². The Morgan fingerprint density at radius 2 is 2.06 bits per heavy atom. The first-order chi connectivity index (χ1) is 8.34. The number of nitrogens with zero attached hydrogens (tertiary/aromatic N) is 1. The van der Waals surface area contributed by atoms with E-state index in [4.69, 9.17) is 5.73 Å². The van der Waals surface area contributed by atoms with Crippen LogP contribution in [0.4, 0.5) is 5.69 Å². The number of rotatable bonds is 2. The molecule has 1 aliphatic rings. The Balaban J connectivity index is 2.51. The van der Waals surface area contributed by atoms with Crippen LogP contribution in [0.25, 0.3) is 0 Å². The third-order valence-electron chi connectivity index (χ3n) is 2.69. The molecule has 0 radical (unpaired) electrons. The molecule has 1 amide bonds. The van der Waals surface area contributed by atoms with E-state index >= 15 is 0 Å². The maximum absolute atomic E-state index is 12.2. The fourth-order valence-electron chi connectivity index (χ4n) is 1.75. The van der Waals surface area contributed by atoms with Gasteiger partial charge in [-0.05, 0) is 32.0 Å². The topological polar surface area (TPSA) is 80.5 Å². The SMILES string of the molecule is CC(C)=CCN1C(=O)c2cc(N)ccc2S1(=O)=O. The third kappa shape index (κ3) is 1.88. The Morgan fingerprint density at radius 3 is 2.67 bits per heavy atom. The van der Waals surface area contributed by atoms with Crippen molar-refractivity contribution >= 4 is 21.6 Å². The van der Waals surface area contributed by atoms with Gasteiger partial charge in [0, 0.05) is 5.69 Å². The first kappa shape index (κ1) is 12.6. The summed E-state index contributed by atoms with van der Waals surface area (Å²) in [5, 5.41) is 0. The van der Waals surface area contributed by atoms with Crippen molar-refractivity contribution in [1.82, 2.24) is 4.31 Å². The molecular formula is C12H14N2O3S. The lowest BCUT2D eigenvalue weighted by atomic mass is 10.2. The van der Waals surface area contributed by atoms with E-state index in [2.05, 4.69) is 0 Å². The van der Waals surface area contributed by atoms with Crippen molar-refractivity contribution in [3.63, 3.8) is 0 Å². The molecule has 0 aromatic heterocycles. The Kier molecular flexibility index (Phi) is 2.90. The number of nitrogens with two attached hydrogens (primary N) is 1. The van der Waals surface area contributed by atoms with Crippen LogP contribution >= 0.6 is 0 Å². The summed E-state index contributed by atoms with van der Waals surface area (Å²) in [5.41, 5.74) is 7.05. The first-order valence-electron chi connectivity index (χ1n) is 5.44. The Morgan fingerprint density at radius 1 is 1.39 bits per heavy atom. The van der Waals surface area contributed by atoms with Gasteiger partial charge in [0.2, 0.25) is 0 Å². The minimum Gasteiger partial charge on any atom is -0.399 e. The monoisotopic (exact) mass is 266 g/mol. The lowest BCUT2D eigenvalue weighted by Gasteiger charge is -2.12. The minimum absolute atomic E-state index is 0.0313. The highest BCUT2D eigenvalue weighted by atomic mass is 32.2. The first-order valence-corrected chi connectivity index (χ1v) is 6.88. The summed E-state index contributed by atoms with van der Waals surface area (Å²) in [5.74, 6) is -0.519. The van der Waals surface area contributed by atoms with Crippen molar-refractivity contribution in [2.24, 2.45) is 0 Å². The van der Waals surface area contributed by atoms with Crippen molar-refractivity contribution in [3.05, 3.63) is 35.4 Å². The van der Waals surface area contributed by atoms with Crippen LogP contribution in [-0.4, -0.2) is 25.2 Å². The number of fused-ring (bicyclic) bond motifs is 1. The van der Waals surface area contributed by atoms with Crippen LogP contribution in [-0.2, 0) is 10.0 Å². The highest BCUT2D eigenvalue weighted by molar-refractivity contribution is 7.90. The molecule has 0 bridgehead atoms. The second-order valence-electron chi connectivity index (χ2n) is 4.38. The maximum atomic E-state index is 12.2. The van der Waals surface area contributed by atoms with E-state index in [0.717, 1.165) is 9.88 Å². The summed E-state index contributed by atoms with van der Waals surface area (Å²) >= 11 is 0.